The number of rotatable bonds is 12. The molecule has 0 saturated carbocycles. The minimum atomic E-state index is -3.32. The monoisotopic (exact) mass is 597 g/mol. The van der Waals surface area contributed by atoms with Gasteiger partial charge < -0.3 is 28.2 Å². The second-order valence-corrected chi connectivity index (χ2v) is 13.4. The van der Waals surface area contributed by atoms with Gasteiger partial charge in [-0.25, -0.2) is 9.78 Å². The van der Waals surface area contributed by atoms with Crippen LogP contribution in [0, 0.1) is 0 Å². The van der Waals surface area contributed by atoms with Gasteiger partial charge in [-0.15, -0.1) is 11.3 Å². The Morgan fingerprint density at radius 2 is 1.82 bits per heavy atom. The number of hydrogen-bond donors (Lipinski definition) is 1. The second kappa shape index (κ2) is 13.8. The van der Waals surface area contributed by atoms with Gasteiger partial charge in [0.1, 0.15) is 23.2 Å². The van der Waals surface area contributed by atoms with Gasteiger partial charge in [0.15, 0.2) is 5.13 Å². The van der Waals surface area contributed by atoms with E-state index >= 15 is 0 Å². The minimum absolute atomic E-state index is 0.0124. The lowest BCUT2D eigenvalue weighted by atomic mass is 10.2. The maximum atomic E-state index is 13.2. The van der Waals surface area contributed by atoms with Crippen molar-refractivity contribution < 1.29 is 37.4 Å². The van der Waals surface area contributed by atoms with Gasteiger partial charge in [0.2, 0.25) is 0 Å². The summed E-state index contributed by atoms with van der Waals surface area (Å²) in [6.45, 7) is 14.2. The minimum Gasteiger partial charge on any atom is -0.491 e. The fourth-order valence-electron chi connectivity index (χ4n) is 3.95. The summed E-state index contributed by atoms with van der Waals surface area (Å²) in [6, 6.07) is 5.00. The third kappa shape index (κ3) is 9.76. The Balaban J connectivity index is 1.71. The van der Waals surface area contributed by atoms with Crippen LogP contribution in [0.15, 0.2) is 23.6 Å². The highest BCUT2D eigenvalue weighted by Gasteiger charge is 2.31. The highest BCUT2D eigenvalue weighted by Crippen LogP contribution is 2.51. The number of anilines is 1. The summed E-state index contributed by atoms with van der Waals surface area (Å²) in [5.74, 6) is 0.530. The second-order valence-electron chi connectivity index (χ2n) is 10.5. The number of amides is 2. The Morgan fingerprint density at radius 1 is 1.15 bits per heavy atom. The molecular formula is C27H40N3O8PS. The SMILES string of the molecule is CCOP(=O)(Cc1csc(NC(=O)c2cc(OC(C)C)cc(O[C@@H]3CCN(C(=O)OC(C)(C)C)C3)c2)n1)OCC. The predicted molar refractivity (Wildman–Crippen MR) is 154 cm³/mol. The van der Waals surface area contributed by atoms with Gasteiger partial charge in [0.25, 0.3) is 5.91 Å². The van der Waals surface area contributed by atoms with Crippen molar-refractivity contribution in [2.24, 2.45) is 0 Å². The van der Waals surface area contributed by atoms with E-state index in [1.54, 1.807) is 42.3 Å². The zero-order valence-corrected chi connectivity index (χ0v) is 25.9. The quantitative estimate of drug-likeness (QED) is 0.279. The van der Waals surface area contributed by atoms with Crippen LogP contribution < -0.4 is 14.8 Å². The molecule has 0 spiro atoms. The van der Waals surface area contributed by atoms with Crippen LogP contribution >= 0.6 is 18.9 Å². The number of thiazole rings is 1. The number of ether oxygens (including phenoxy) is 3. The molecule has 13 heteroatoms. The van der Waals surface area contributed by atoms with E-state index in [0.717, 1.165) is 0 Å². The van der Waals surface area contributed by atoms with E-state index in [-0.39, 0.29) is 37.7 Å². The van der Waals surface area contributed by atoms with E-state index in [1.165, 1.54) is 11.3 Å². The van der Waals surface area contributed by atoms with Crippen molar-refractivity contribution >= 4 is 36.1 Å². The molecule has 1 aliphatic rings. The molecule has 11 nitrogen and oxygen atoms in total. The molecule has 2 heterocycles. The zero-order chi connectivity index (χ0) is 29.5. The number of aromatic nitrogens is 1. The van der Waals surface area contributed by atoms with E-state index in [9.17, 15) is 14.2 Å². The van der Waals surface area contributed by atoms with Crippen LogP contribution in [-0.4, -0.2) is 66.0 Å². The summed E-state index contributed by atoms with van der Waals surface area (Å²) in [7, 11) is -3.32. The lowest BCUT2D eigenvalue weighted by molar-refractivity contribution is 0.0275. The number of likely N-dealkylation sites (tertiary alicyclic amines) is 1. The molecule has 0 aliphatic carbocycles. The number of carbonyl (C=O) groups is 2. The number of nitrogens with zero attached hydrogens (tertiary/aromatic N) is 2. The molecule has 1 aliphatic heterocycles. The van der Waals surface area contributed by atoms with Crippen molar-refractivity contribution in [2.75, 3.05) is 31.6 Å². The van der Waals surface area contributed by atoms with Crippen LogP contribution in [0.5, 0.6) is 11.5 Å². The molecule has 222 valence electrons. The third-order valence-corrected chi connectivity index (χ3v) is 8.21. The predicted octanol–water partition coefficient (Wildman–Crippen LogP) is 6.34. The lowest BCUT2D eigenvalue weighted by Crippen LogP contribution is -2.36. The Hall–Kier alpha value is -2.66. The molecule has 1 saturated heterocycles. The van der Waals surface area contributed by atoms with E-state index < -0.39 is 19.1 Å². The maximum absolute atomic E-state index is 13.2. The largest absolute Gasteiger partial charge is 0.491 e. The maximum Gasteiger partial charge on any atom is 0.410 e. The number of nitrogens with one attached hydrogen (secondary N) is 1. The standard InChI is InChI=1S/C27H40N3O8PS/c1-8-34-39(33,35-9-2)16-20-17-40-25(28-20)29-24(31)19-12-22(36-18(3)4)14-23(13-19)37-21-10-11-30(15-21)26(32)38-27(5,6)7/h12-14,17-18,21H,8-11,15-16H2,1-7H3,(H,28,29,31)/t21-/m1/s1. The topological polar surface area (TPSA) is 126 Å². The first kappa shape index (κ1) is 31.9. The van der Waals surface area contributed by atoms with Crippen molar-refractivity contribution in [3.05, 3.63) is 34.8 Å². The smallest absolute Gasteiger partial charge is 0.410 e. The Morgan fingerprint density at radius 3 is 2.45 bits per heavy atom. The third-order valence-electron chi connectivity index (χ3n) is 5.39. The fraction of sp³-hybridized carbons (Fsp3) is 0.593. The zero-order valence-electron chi connectivity index (χ0n) is 24.2. The lowest BCUT2D eigenvalue weighted by Gasteiger charge is -2.24. The summed E-state index contributed by atoms with van der Waals surface area (Å²) in [5, 5.41) is 4.85. The number of hydrogen-bond acceptors (Lipinski definition) is 10. The molecule has 3 rings (SSSR count). The average Bonchev–Trinajstić information content (AvgIpc) is 3.47. The van der Waals surface area contributed by atoms with E-state index in [2.05, 4.69) is 10.3 Å². The van der Waals surface area contributed by atoms with Crippen molar-refractivity contribution in [1.82, 2.24) is 9.88 Å². The average molecular weight is 598 g/mol. The Labute approximate surface area is 240 Å². The first-order chi connectivity index (χ1) is 18.8. The first-order valence-electron chi connectivity index (χ1n) is 13.4. The van der Waals surface area contributed by atoms with Crippen molar-refractivity contribution in [2.45, 2.75) is 78.9 Å². The van der Waals surface area contributed by atoms with Crippen molar-refractivity contribution in [1.29, 1.82) is 0 Å². The molecule has 1 fully saturated rings. The van der Waals surface area contributed by atoms with E-state index in [1.807, 2.05) is 34.6 Å². The number of carbonyl (C=O) groups excluding carboxylic acids is 2. The molecule has 0 unspecified atom stereocenters. The van der Waals surface area contributed by atoms with Gasteiger partial charge in [-0.1, -0.05) is 0 Å². The van der Waals surface area contributed by atoms with E-state index in [4.69, 9.17) is 23.3 Å². The van der Waals surface area contributed by atoms with E-state index in [0.29, 0.717) is 47.4 Å². The van der Waals surface area contributed by atoms with Gasteiger partial charge in [-0.2, -0.15) is 0 Å². The molecule has 2 aromatic rings. The highest BCUT2D eigenvalue weighted by atomic mass is 32.1. The molecule has 0 bridgehead atoms. The van der Waals surface area contributed by atoms with Crippen LogP contribution in [0.4, 0.5) is 9.93 Å². The van der Waals surface area contributed by atoms with Gasteiger partial charge >= 0.3 is 13.7 Å². The number of benzene rings is 1. The Bertz CT molecular complexity index is 1200. The molecule has 1 N–H and O–H groups in total. The fourth-order valence-corrected chi connectivity index (χ4v) is 6.38. The van der Waals surface area contributed by atoms with Gasteiger partial charge in [-0.05, 0) is 60.6 Å². The van der Waals surface area contributed by atoms with Gasteiger partial charge in [-0.3, -0.25) is 14.7 Å². The molecule has 40 heavy (non-hydrogen) atoms. The van der Waals surface area contributed by atoms with Crippen LogP contribution in [0.2, 0.25) is 0 Å². The normalized spacial score (nSPS) is 15.8. The molecule has 1 atom stereocenters. The molecule has 1 aromatic carbocycles. The first-order valence-corrected chi connectivity index (χ1v) is 16.0. The summed E-state index contributed by atoms with van der Waals surface area (Å²) < 4.78 is 41.0. The van der Waals surface area contributed by atoms with Crippen LogP contribution in [0.1, 0.15) is 70.9 Å². The molecule has 0 radical (unpaired) electrons. The molecular weight excluding hydrogens is 557 g/mol. The van der Waals surface area contributed by atoms with Gasteiger partial charge in [0, 0.05) is 30.0 Å². The summed E-state index contributed by atoms with van der Waals surface area (Å²) in [4.78, 5) is 31.6. The Kier molecular flexibility index (Phi) is 11.0. The summed E-state index contributed by atoms with van der Waals surface area (Å²) in [6.07, 6.45) is -0.111. The van der Waals surface area contributed by atoms with Crippen molar-refractivity contribution in [3.8, 4) is 11.5 Å². The molecule has 1 aromatic heterocycles. The van der Waals surface area contributed by atoms with Crippen molar-refractivity contribution in [3.63, 3.8) is 0 Å². The van der Waals surface area contributed by atoms with Gasteiger partial charge in [0.05, 0.1) is 37.7 Å². The van der Waals surface area contributed by atoms with Crippen LogP contribution in [0.3, 0.4) is 0 Å². The molecule has 2 amide bonds. The van der Waals surface area contributed by atoms with Crippen LogP contribution in [-0.2, 0) is 24.5 Å². The summed E-state index contributed by atoms with van der Waals surface area (Å²) in [5.41, 5.74) is 0.244. The summed E-state index contributed by atoms with van der Waals surface area (Å²) >= 11 is 1.21. The highest BCUT2D eigenvalue weighted by molar-refractivity contribution is 7.53. The van der Waals surface area contributed by atoms with Crippen LogP contribution in [0.25, 0.3) is 0 Å².